The van der Waals surface area contributed by atoms with Gasteiger partial charge in [0.05, 0.1) is 0 Å². The maximum atomic E-state index is 5.59. The molecular formula is C17H23N3. The van der Waals surface area contributed by atoms with E-state index in [1.165, 1.54) is 16.7 Å². The summed E-state index contributed by atoms with van der Waals surface area (Å²) in [5, 5.41) is 0. The zero-order chi connectivity index (χ0) is 14.5. The van der Waals surface area contributed by atoms with Crippen molar-refractivity contribution in [3.8, 4) is 0 Å². The summed E-state index contributed by atoms with van der Waals surface area (Å²) in [4.78, 5) is 6.71. The topological polar surface area (TPSA) is 42.2 Å². The van der Waals surface area contributed by atoms with Gasteiger partial charge in [-0.1, -0.05) is 25.1 Å². The molecule has 0 bridgehead atoms. The lowest BCUT2D eigenvalue weighted by Gasteiger charge is -2.21. The Labute approximate surface area is 121 Å². The molecule has 20 heavy (non-hydrogen) atoms. The largest absolute Gasteiger partial charge is 0.330 e. The van der Waals surface area contributed by atoms with Crippen LogP contribution in [0, 0.1) is 6.92 Å². The molecule has 1 aromatic heterocycles. The Morgan fingerprint density at radius 3 is 2.40 bits per heavy atom. The Hall–Kier alpha value is -1.87. The predicted octanol–water partition coefficient (Wildman–Crippen LogP) is 3.22. The number of pyridine rings is 1. The molecule has 0 atom stereocenters. The fourth-order valence-corrected chi connectivity index (χ4v) is 2.36. The summed E-state index contributed by atoms with van der Waals surface area (Å²) in [5.74, 6) is 0.995. The number of hydrogen-bond acceptors (Lipinski definition) is 3. The molecule has 106 valence electrons. The van der Waals surface area contributed by atoms with E-state index in [0.717, 1.165) is 24.3 Å². The van der Waals surface area contributed by atoms with E-state index in [1.54, 1.807) is 0 Å². The molecule has 0 unspecified atom stereocenters. The van der Waals surface area contributed by atoms with Crippen molar-refractivity contribution < 1.29 is 0 Å². The fraction of sp³-hybridized carbons (Fsp3) is 0.353. The molecule has 0 fully saturated rings. The van der Waals surface area contributed by atoms with Crippen LogP contribution in [-0.2, 0) is 12.8 Å². The number of rotatable bonds is 5. The van der Waals surface area contributed by atoms with Gasteiger partial charge in [-0.3, -0.25) is 0 Å². The number of hydrogen-bond donors (Lipinski definition) is 1. The maximum Gasteiger partial charge on any atom is 0.135 e. The Bertz CT molecular complexity index is 561. The number of aromatic nitrogens is 1. The van der Waals surface area contributed by atoms with Gasteiger partial charge in [-0.05, 0) is 55.1 Å². The molecule has 0 aliphatic carbocycles. The van der Waals surface area contributed by atoms with Crippen molar-refractivity contribution in [3.63, 3.8) is 0 Å². The van der Waals surface area contributed by atoms with Gasteiger partial charge >= 0.3 is 0 Å². The Balaban J connectivity index is 2.25. The first-order chi connectivity index (χ1) is 9.65. The molecule has 0 spiro atoms. The standard InChI is InChI=1S/C17H23N3/c1-4-14-5-7-16(8-6-14)20(3)17-13(2)11-15(9-10-18)12-19-17/h5-8,11-12H,4,9-10,18H2,1-3H3. The molecule has 0 aliphatic rings. The van der Waals surface area contributed by atoms with E-state index in [2.05, 4.69) is 61.1 Å². The minimum atomic E-state index is 0.661. The van der Waals surface area contributed by atoms with E-state index < -0.39 is 0 Å². The SMILES string of the molecule is CCc1ccc(N(C)c2ncc(CCN)cc2C)cc1. The van der Waals surface area contributed by atoms with Crippen LogP contribution in [0.15, 0.2) is 36.5 Å². The second kappa shape index (κ2) is 6.53. The first-order valence-corrected chi connectivity index (χ1v) is 7.14. The lowest BCUT2D eigenvalue weighted by molar-refractivity contribution is 0.950. The van der Waals surface area contributed by atoms with Crippen LogP contribution < -0.4 is 10.6 Å². The zero-order valence-corrected chi connectivity index (χ0v) is 12.6. The average Bonchev–Trinajstić information content (AvgIpc) is 2.47. The highest BCUT2D eigenvalue weighted by Crippen LogP contribution is 2.25. The van der Waals surface area contributed by atoms with Crippen LogP contribution in [0.1, 0.15) is 23.6 Å². The second-order valence-corrected chi connectivity index (χ2v) is 5.10. The normalized spacial score (nSPS) is 10.6. The number of aryl methyl sites for hydroxylation is 2. The third-order valence-electron chi connectivity index (χ3n) is 3.59. The van der Waals surface area contributed by atoms with Gasteiger partial charge in [-0.15, -0.1) is 0 Å². The van der Waals surface area contributed by atoms with Crippen molar-refractivity contribution in [1.82, 2.24) is 4.98 Å². The van der Waals surface area contributed by atoms with Crippen molar-refractivity contribution in [1.29, 1.82) is 0 Å². The molecule has 2 rings (SSSR count). The summed E-state index contributed by atoms with van der Waals surface area (Å²) < 4.78 is 0. The quantitative estimate of drug-likeness (QED) is 0.906. The highest BCUT2D eigenvalue weighted by Gasteiger charge is 2.09. The number of benzene rings is 1. The van der Waals surface area contributed by atoms with Gasteiger partial charge in [0.25, 0.3) is 0 Å². The Morgan fingerprint density at radius 2 is 1.85 bits per heavy atom. The summed E-state index contributed by atoms with van der Waals surface area (Å²) in [6, 6.07) is 10.8. The smallest absolute Gasteiger partial charge is 0.135 e. The van der Waals surface area contributed by atoms with Gasteiger partial charge in [-0.2, -0.15) is 0 Å². The summed E-state index contributed by atoms with van der Waals surface area (Å²) >= 11 is 0. The third-order valence-corrected chi connectivity index (χ3v) is 3.59. The Kier molecular flexibility index (Phi) is 4.74. The molecule has 0 aliphatic heterocycles. The van der Waals surface area contributed by atoms with E-state index in [9.17, 15) is 0 Å². The number of nitrogens with two attached hydrogens (primary N) is 1. The van der Waals surface area contributed by atoms with Crippen molar-refractivity contribution in [2.45, 2.75) is 26.7 Å². The van der Waals surface area contributed by atoms with E-state index in [0.29, 0.717) is 6.54 Å². The molecular weight excluding hydrogens is 246 g/mol. The van der Waals surface area contributed by atoms with E-state index in [-0.39, 0.29) is 0 Å². The first-order valence-electron chi connectivity index (χ1n) is 7.14. The van der Waals surface area contributed by atoms with Crippen LogP contribution in [0.4, 0.5) is 11.5 Å². The van der Waals surface area contributed by atoms with Gasteiger partial charge in [0.2, 0.25) is 0 Å². The van der Waals surface area contributed by atoms with Gasteiger partial charge in [0, 0.05) is 18.9 Å². The highest BCUT2D eigenvalue weighted by molar-refractivity contribution is 5.62. The van der Waals surface area contributed by atoms with E-state index >= 15 is 0 Å². The average molecular weight is 269 g/mol. The first kappa shape index (κ1) is 14.5. The minimum absolute atomic E-state index is 0.661. The summed E-state index contributed by atoms with van der Waals surface area (Å²) in [7, 11) is 2.05. The van der Waals surface area contributed by atoms with Crippen LogP contribution >= 0.6 is 0 Å². The summed E-state index contributed by atoms with van der Waals surface area (Å²) in [6.07, 6.45) is 3.87. The molecule has 3 nitrogen and oxygen atoms in total. The molecule has 3 heteroatoms. The number of nitrogens with zero attached hydrogens (tertiary/aromatic N) is 2. The van der Waals surface area contributed by atoms with Crippen LogP contribution in [0.5, 0.6) is 0 Å². The summed E-state index contributed by atoms with van der Waals surface area (Å²) in [6.45, 7) is 4.93. The predicted molar refractivity (Wildman–Crippen MR) is 85.6 cm³/mol. The highest BCUT2D eigenvalue weighted by atomic mass is 15.2. The van der Waals surface area contributed by atoms with Gasteiger partial charge in [0.15, 0.2) is 0 Å². The third kappa shape index (κ3) is 3.17. The van der Waals surface area contributed by atoms with Crippen molar-refractivity contribution in [3.05, 3.63) is 53.2 Å². The minimum Gasteiger partial charge on any atom is -0.330 e. The lowest BCUT2D eigenvalue weighted by atomic mass is 10.1. The van der Waals surface area contributed by atoms with Gasteiger partial charge in [-0.25, -0.2) is 4.98 Å². The van der Waals surface area contributed by atoms with Crippen LogP contribution in [0.25, 0.3) is 0 Å². The maximum absolute atomic E-state index is 5.59. The van der Waals surface area contributed by atoms with Crippen LogP contribution in [0.2, 0.25) is 0 Å². The lowest BCUT2D eigenvalue weighted by Crippen LogP contribution is -2.13. The van der Waals surface area contributed by atoms with Crippen LogP contribution in [-0.4, -0.2) is 18.6 Å². The molecule has 2 N–H and O–H groups in total. The Morgan fingerprint density at radius 1 is 1.15 bits per heavy atom. The zero-order valence-electron chi connectivity index (χ0n) is 12.6. The second-order valence-electron chi connectivity index (χ2n) is 5.10. The molecule has 0 saturated carbocycles. The molecule has 0 amide bonds. The van der Waals surface area contributed by atoms with Crippen molar-refractivity contribution in [2.75, 3.05) is 18.5 Å². The fourth-order valence-electron chi connectivity index (χ4n) is 2.36. The van der Waals surface area contributed by atoms with Crippen LogP contribution in [0.3, 0.4) is 0 Å². The van der Waals surface area contributed by atoms with E-state index in [4.69, 9.17) is 5.73 Å². The number of anilines is 2. The van der Waals surface area contributed by atoms with Gasteiger partial charge < -0.3 is 10.6 Å². The monoisotopic (exact) mass is 269 g/mol. The molecule has 0 radical (unpaired) electrons. The van der Waals surface area contributed by atoms with Gasteiger partial charge in [0.1, 0.15) is 5.82 Å². The molecule has 2 aromatic rings. The van der Waals surface area contributed by atoms with E-state index in [1.807, 2.05) is 6.20 Å². The summed E-state index contributed by atoms with van der Waals surface area (Å²) in [5.41, 5.74) is 10.5. The molecule has 1 aromatic carbocycles. The van der Waals surface area contributed by atoms with Crippen molar-refractivity contribution >= 4 is 11.5 Å². The van der Waals surface area contributed by atoms with Crippen molar-refractivity contribution in [2.24, 2.45) is 5.73 Å². The molecule has 1 heterocycles. The molecule has 0 saturated heterocycles.